The Hall–Kier alpha value is -0.340. The van der Waals surface area contributed by atoms with Crippen molar-refractivity contribution in [2.75, 3.05) is 0 Å². The van der Waals surface area contributed by atoms with Gasteiger partial charge in [-0.05, 0) is 18.4 Å². The van der Waals surface area contributed by atoms with Gasteiger partial charge in [0.1, 0.15) is 0 Å². The molecule has 11 heavy (non-hydrogen) atoms. The quantitative estimate of drug-likeness (QED) is 0.733. The second-order valence-electron chi connectivity index (χ2n) is 3.06. The van der Waals surface area contributed by atoms with Crippen LogP contribution in [0.1, 0.15) is 31.7 Å². The van der Waals surface area contributed by atoms with E-state index in [-0.39, 0.29) is 0 Å². The molecule has 0 aromatic carbocycles. The summed E-state index contributed by atoms with van der Waals surface area (Å²) in [6, 6.07) is 5.32. The molecule has 0 saturated heterocycles. The Morgan fingerprint density at radius 2 is 2.09 bits per heavy atom. The van der Waals surface area contributed by atoms with Crippen LogP contribution in [0.3, 0.4) is 0 Å². The lowest BCUT2D eigenvalue weighted by Crippen LogP contribution is -2.25. The summed E-state index contributed by atoms with van der Waals surface area (Å²) in [6.07, 6.45) is 0. The number of thiophene rings is 1. The fourth-order valence-corrected chi connectivity index (χ4v) is 1.86. The van der Waals surface area contributed by atoms with Crippen molar-refractivity contribution in [2.24, 2.45) is 0 Å². The predicted octanol–water partition coefficient (Wildman–Crippen LogP) is 2.81. The molecule has 0 saturated carbocycles. The van der Waals surface area contributed by atoms with Crippen molar-refractivity contribution in [1.82, 2.24) is 5.32 Å². The van der Waals surface area contributed by atoms with E-state index in [0.29, 0.717) is 12.1 Å². The lowest BCUT2D eigenvalue weighted by atomic mass is 10.2. The van der Waals surface area contributed by atoms with Crippen LogP contribution in [0.4, 0.5) is 0 Å². The van der Waals surface area contributed by atoms with E-state index in [9.17, 15) is 0 Å². The van der Waals surface area contributed by atoms with Crippen molar-refractivity contribution < 1.29 is 0 Å². The van der Waals surface area contributed by atoms with Gasteiger partial charge in [-0.25, -0.2) is 0 Å². The highest BCUT2D eigenvalue weighted by molar-refractivity contribution is 7.10. The third-order valence-electron chi connectivity index (χ3n) is 1.55. The molecular weight excluding hydrogens is 154 g/mol. The van der Waals surface area contributed by atoms with E-state index >= 15 is 0 Å². The molecule has 1 unspecified atom stereocenters. The zero-order chi connectivity index (χ0) is 8.27. The molecule has 1 aromatic heterocycles. The Morgan fingerprint density at radius 3 is 2.55 bits per heavy atom. The normalized spacial score (nSPS) is 13.8. The van der Waals surface area contributed by atoms with Crippen molar-refractivity contribution in [3.63, 3.8) is 0 Å². The lowest BCUT2D eigenvalue weighted by Gasteiger charge is -2.14. The van der Waals surface area contributed by atoms with E-state index in [1.807, 2.05) is 11.3 Å². The average Bonchev–Trinajstić information content (AvgIpc) is 2.35. The molecule has 0 aliphatic heterocycles. The van der Waals surface area contributed by atoms with Gasteiger partial charge in [-0.1, -0.05) is 19.9 Å². The number of rotatable bonds is 3. The van der Waals surface area contributed by atoms with Crippen LogP contribution in [0.5, 0.6) is 0 Å². The van der Waals surface area contributed by atoms with Crippen LogP contribution in [0.25, 0.3) is 0 Å². The molecule has 0 amide bonds. The van der Waals surface area contributed by atoms with Crippen LogP contribution in [0.2, 0.25) is 0 Å². The summed E-state index contributed by atoms with van der Waals surface area (Å²) in [5, 5.41) is 5.57. The molecule has 1 atom stereocenters. The van der Waals surface area contributed by atoms with E-state index in [4.69, 9.17) is 0 Å². The molecule has 1 heterocycles. The molecule has 1 aromatic rings. The van der Waals surface area contributed by atoms with E-state index < -0.39 is 0 Å². The van der Waals surface area contributed by atoms with Crippen molar-refractivity contribution in [3.8, 4) is 0 Å². The molecule has 1 N–H and O–H groups in total. The minimum atomic E-state index is 0.495. The zero-order valence-corrected chi connectivity index (χ0v) is 8.11. The van der Waals surface area contributed by atoms with Crippen LogP contribution in [0, 0.1) is 0 Å². The highest BCUT2D eigenvalue weighted by Gasteiger charge is 2.05. The summed E-state index contributed by atoms with van der Waals surface area (Å²) in [5.74, 6) is 0. The molecule has 0 spiro atoms. The van der Waals surface area contributed by atoms with Crippen LogP contribution >= 0.6 is 11.3 Å². The van der Waals surface area contributed by atoms with E-state index in [2.05, 4.69) is 43.6 Å². The van der Waals surface area contributed by atoms with Crippen LogP contribution in [-0.4, -0.2) is 6.04 Å². The van der Waals surface area contributed by atoms with E-state index in [0.717, 1.165) is 0 Å². The Balaban J connectivity index is 2.49. The topological polar surface area (TPSA) is 12.0 Å². The highest BCUT2D eigenvalue weighted by atomic mass is 32.1. The third-order valence-corrected chi connectivity index (χ3v) is 2.61. The maximum Gasteiger partial charge on any atom is 0.0388 e. The van der Waals surface area contributed by atoms with Gasteiger partial charge in [0.25, 0.3) is 0 Å². The van der Waals surface area contributed by atoms with E-state index in [1.54, 1.807) is 0 Å². The molecule has 2 heteroatoms. The second kappa shape index (κ2) is 3.88. The van der Waals surface area contributed by atoms with Crippen molar-refractivity contribution in [3.05, 3.63) is 22.4 Å². The van der Waals surface area contributed by atoms with Gasteiger partial charge in [-0.3, -0.25) is 0 Å². The summed E-state index contributed by atoms with van der Waals surface area (Å²) >= 11 is 1.81. The molecule has 62 valence electrons. The highest BCUT2D eigenvalue weighted by Crippen LogP contribution is 2.18. The Morgan fingerprint density at radius 1 is 1.36 bits per heavy atom. The van der Waals surface area contributed by atoms with Crippen LogP contribution in [0.15, 0.2) is 17.5 Å². The van der Waals surface area contributed by atoms with Crippen molar-refractivity contribution >= 4 is 11.3 Å². The fourth-order valence-electron chi connectivity index (χ4n) is 1.12. The van der Waals surface area contributed by atoms with Gasteiger partial charge in [0.15, 0.2) is 0 Å². The van der Waals surface area contributed by atoms with Gasteiger partial charge in [0, 0.05) is 17.0 Å². The Labute approximate surface area is 72.4 Å². The molecule has 0 aliphatic rings. The minimum absolute atomic E-state index is 0.495. The van der Waals surface area contributed by atoms with Gasteiger partial charge in [0.05, 0.1) is 0 Å². The minimum Gasteiger partial charge on any atom is -0.307 e. The van der Waals surface area contributed by atoms with E-state index in [1.165, 1.54) is 4.88 Å². The van der Waals surface area contributed by atoms with Crippen LogP contribution in [-0.2, 0) is 0 Å². The van der Waals surface area contributed by atoms with Crippen LogP contribution < -0.4 is 5.32 Å². The van der Waals surface area contributed by atoms with Gasteiger partial charge in [-0.15, -0.1) is 11.3 Å². The molecular formula is C9H15NS. The third kappa shape index (κ3) is 2.64. The molecule has 1 rings (SSSR count). The van der Waals surface area contributed by atoms with Crippen molar-refractivity contribution in [2.45, 2.75) is 32.9 Å². The first-order valence-corrected chi connectivity index (χ1v) is 4.87. The monoisotopic (exact) mass is 169 g/mol. The maximum atomic E-state index is 3.46. The standard InChI is InChI=1S/C9H15NS/c1-7(2)10-8(3)9-5-4-6-11-9/h4-8,10H,1-3H3. The van der Waals surface area contributed by atoms with Gasteiger partial charge < -0.3 is 5.32 Å². The predicted molar refractivity (Wildman–Crippen MR) is 51.0 cm³/mol. The molecule has 0 aliphatic carbocycles. The summed E-state index contributed by atoms with van der Waals surface area (Å²) in [6.45, 7) is 6.54. The Bertz CT molecular complexity index is 191. The Kier molecular flexibility index (Phi) is 3.09. The number of nitrogens with one attached hydrogen (secondary N) is 1. The first kappa shape index (κ1) is 8.75. The number of hydrogen-bond acceptors (Lipinski definition) is 2. The summed E-state index contributed by atoms with van der Waals surface area (Å²) < 4.78 is 0. The summed E-state index contributed by atoms with van der Waals surface area (Å²) in [4.78, 5) is 1.42. The fraction of sp³-hybridized carbons (Fsp3) is 0.556. The first-order chi connectivity index (χ1) is 5.20. The molecule has 0 fully saturated rings. The van der Waals surface area contributed by atoms with Gasteiger partial charge >= 0.3 is 0 Å². The summed E-state index contributed by atoms with van der Waals surface area (Å²) in [7, 11) is 0. The van der Waals surface area contributed by atoms with Crippen molar-refractivity contribution in [1.29, 1.82) is 0 Å². The largest absolute Gasteiger partial charge is 0.307 e. The van der Waals surface area contributed by atoms with Gasteiger partial charge in [-0.2, -0.15) is 0 Å². The summed E-state index contributed by atoms with van der Waals surface area (Å²) in [5.41, 5.74) is 0. The maximum absolute atomic E-state index is 3.46. The lowest BCUT2D eigenvalue weighted by molar-refractivity contribution is 0.512. The molecule has 0 radical (unpaired) electrons. The second-order valence-corrected chi connectivity index (χ2v) is 4.04. The number of hydrogen-bond donors (Lipinski definition) is 1. The average molecular weight is 169 g/mol. The SMILES string of the molecule is CC(C)NC(C)c1cccs1. The first-order valence-electron chi connectivity index (χ1n) is 3.99. The smallest absolute Gasteiger partial charge is 0.0388 e. The van der Waals surface area contributed by atoms with Gasteiger partial charge in [0.2, 0.25) is 0 Å². The molecule has 1 nitrogen and oxygen atoms in total. The zero-order valence-electron chi connectivity index (χ0n) is 7.29. The molecule has 0 bridgehead atoms.